The molecular weight excluding hydrogens is 208 g/mol. The van der Waals surface area contributed by atoms with Crippen LogP contribution in [-0.4, -0.2) is 12.0 Å². The zero-order valence-electron chi connectivity index (χ0n) is 10.2. The molecule has 88 valence electrons. The van der Waals surface area contributed by atoms with Crippen LogP contribution < -0.4 is 5.32 Å². The zero-order valence-corrected chi connectivity index (χ0v) is 10.2. The molecule has 1 N–H and O–H groups in total. The molecule has 1 aromatic carbocycles. The van der Waals surface area contributed by atoms with Gasteiger partial charge in [0.25, 0.3) is 0 Å². The molecule has 0 aliphatic rings. The van der Waals surface area contributed by atoms with Crippen LogP contribution >= 0.6 is 0 Å². The van der Waals surface area contributed by atoms with Gasteiger partial charge in [0.1, 0.15) is 0 Å². The number of hydrogen-bond donors (Lipinski definition) is 1. The van der Waals surface area contributed by atoms with E-state index >= 15 is 0 Å². The lowest BCUT2D eigenvalue weighted by molar-refractivity contribution is 0.558. The van der Waals surface area contributed by atoms with E-state index in [-0.39, 0.29) is 0 Å². The lowest BCUT2D eigenvalue weighted by Gasteiger charge is -2.17. The Morgan fingerprint density at radius 1 is 1.35 bits per heavy atom. The maximum absolute atomic E-state index is 4.49. The van der Waals surface area contributed by atoms with Crippen molar-refractivity contribution < 1.29 is 0 Å². The number of rotatable bonds is 5. The Balaban J connectivity index is 2.42. The lowest BCUT2D eigenvalue weighted by atomic mass is 9.99. The third kappa shape index (κ3) is 2.53. The van der Waals surface area contributed by atoms with E-state index in [1.807, 2.05) is 25.4 Å². The highest BCUT2D eigenvalue weighted by molar-refractivity contribution is 5.81. The van der Waals surface area contributed by atoms with Gasteiger partial charge in [0, 0.05) is 17.6 Å². The van der Waals surface area contributed by atoms with E-state index in [4.69, 9.17) is 0 Å². The lowest BCUT2D eigenvalue weighted by Crippen LogP contribution is -2.16. The second kappa shape index (κ2) is 5.60. The smallest absolute Gasteiger partial charge is 0.0749 e. The van der Waals surface area contributed by atoms with Crippen molar-refractivity contribution >= 4 is 10.9 Å². The number of para-hydroxylation sites is 1. The minimum absolute atomic E-state index is 0.339. The average molecular weight is 226 g/mol. The molecule has 1 heterocycles. The summed E-state index contributed by atoms with van der Waals surface area (Å²) in [5, 5.41) is 4.56. The molecule has 0 bridgehead atoms. The Labute approximate surface area is 102 Å². The van der Waals surface area contributed by atoms with E-state index < -0.39 is 0 Å². The van der Waals surface area contributed by atoms with Gasteiger partial charge < -0.3 is 5.32 Å². The number of hydrogen-bond acceptors (Lipinski definition) is 2. The third-order valence-electron chi connectivity index (χ3n) is 3.05. The van der Waals surface area contributed by atoms with Gasteiger partial charge in [-0.25, -0.2) is 0 Å². The Kier molecular flexibility index (Phi) is 3.89. The van der Waals surface area contributed by atoms with Crippen molar-refractivity contribution in [2.75, 3.05) is 7.05 Å². The third-order valence-corrected chi connectivity index (χ3v) is 3.05. The van der Waals surface area contributed by atoms with Gasteiger partial charge in [-0.05, 0) is 31.5 Å². The quantitative estimate of drug-likeness (QED) is 0.790. The molecule has 2 aromatic rings. The number of nitrogens with zero attached hydrogens (tertiary/aromatic N) is 1. The molecule has 2 rings (SSSR count). The van der Waals surface area contributed by atoms with Crippen LogP contribution in [0, 0.1) is 0 Å². The first-order valence-electron chi connectivity index (χ1n) is 5.98. The fourth-order valence-corrected chi connectivity index (χ4v) is 2.15. The number of aromatic nitrogens is 1. The van der Waals surface area contributed by atoms with Crippen molar-refractivity contribution in [2.24, 2.45) is 0 Å². The van der Waals surface area contributed by atoms with Crippen LogP contribution in [0.1, 0.15) is 24.4 Å². The summed E-state index contributed by atoms with van der Waals surface area (Å²) in [7, 11) is 2.00. The Morgan fingerprint density at radius 3 is 2.94 bits per heavy atom. The first-order chi connectivity index (χ1) is 8.36. The standard InChI is InChI=1S/C15H18N2/c1-3-4-10-14(16-2)13-9-5-7-12-8-6-11-17-15(12)13/h3,5-9,11,14,16H,1,4,10H2,2H3. The maximum atomic E-state index is 4.49. The second-order valence-corrected chi connectivity index (χ2v) is 4.13. The summed E-state index contributed by atoms with van der Waals surface area (Å²) in [5.74, 6) is 0. The van der Waals surface area contributed by atoms with Gasteiger partial charge in [-0.2, -0.15) is 0 Å². The van der Waals surface area contributed by atoms with Crippen LogP contribution in [0.4, 0.5) is 0 Å². The van der Waals surface area contributed by atoms with Gasteiger partial charge in [-0.1, -0.05) is 30.3 Å². The first-order valence-corrected chi connectivity index (χ1v) is 5.98. The average Bonchev–Trinajstić information content (AvgIpc) is 2.40. The van der Waals surface area contributed by atoms with Gasteiger partial charge in [-0.3, -0.25) is 4.98 Å². The summed E-state index contributed by atoms with van der Waals surface area (Å²) in [5.41, 5.74) is 2.37. The highest BCUT2D eigenvalue weighted by Crippen LogP contribution is 2.25. The molecule has 1 unspecified atom stereocenters. The Bertz CT molecular complexity index is 500. The molecule has 1 atom stereocenters. The minimum Gasteiger partial charge on any atom is -0.313 e. The summed E-state index contributed by atoms with van der Waals surface area (Å²) in [6, 6.07) is 10.8. The highest BCUT2D eigenvalue weighted by atomic mass is 14.9. The molecule has 0 aliphatic heterocycles. The molecule has 0 spiro atoms. The van der Waals surface area contributed by atoms with Crippen LogP contribution in [0.2, 0.25) is 0 Å². The predicted octanol–water partition coefficient (Wildman–Crippen LogP) is 3.46. The van der Waals surface area contributed by atoms with E-state index in [0.717, 1.165) is 18.4 Å². The summed E-state index contributed by atoms with van der Waals surface area (Å²) in [6.07, 6.45) is 5.87. The monoisotopic (exact) mass is 226 g/mol. The molecule has 0 amide bonds. The Morgan fingerprint density at radius 2 is 2.18 bits per heavy atom. The summed E-state index contributed by atoms with van der Waals surface area (Å²) in [6.45, 7) is 3.78. The van der Waals surface area contributed by atoms with Crippen molar-refractivity contribution in [1.82, 2.24) is 10.3 Å². The van der Waals surface area contributed by atoms with Crippen LogP contribution in [0.3, 0.4) is 0 Å². The molecule has 1 aromatic heterocycles. The number of benzene rings is 1. The fraction of sp³-hybridized carbons (Fsp3) is 0.267. The van der Waals surface area contributed by atoms with Gasteiger partial charge in [0.05, 0.1) is 5.52 Å². The van der Waals surface area contributed by atoms with E-state index in [9.17, 15) is 0 Å². The number of nitrogens with one attached hydrogen (secondary N) is 1. The van der Waals surface area contributed by atoms with E-state index in [0.29, 0.717) is 6.04 Å². The SMILES string of the molecule is C=CCCC(NC)c1cccc2cccnc12. The molecule has 17 heavy (non-hydrogen) atoms. The van der Waals surface area contributed by atoms with Crippen LogP contribution in [-0.2, 0) is 0 Å². The van der Waals surface area contributed by atoms with Crippen LogP contribution in [0.25, 0.3) is 10.9 Å². The summed E-state index contributed by atoms with van der Waals surface area (Å²) >= 11 is 0. The summed E-state index contributed by atoms with van der Waals surface area (Å²) < 4.78 is 0. The van der Waals surface area contributed by atoms with E-state index in [1.165, 1.54) is 10.9 Å². The second-order valence-electron chi connectivity index (χ2n) is 4.13. The molecule has 0 fully saturated rings. The van der Waals surface area contributed by atoms with Gasteiger partial charge in [-0.15, -0.1) is 6.58 Å². The number of allylic oxidation sites excluding steroid dienone is 1. The highest BCUT2D eigenvalue weighted by Gasteiger charge is 2.11. The summed E-state index contributed by atoms with van der Waals surface area (Å²) in [4.78, 5) is 4.49. The van der Waals surface area contributed by atoms with Crippen LogP contribution in [0.15, 0.2) is 49.2 Å². The number of pyridine rings is 1. The fourth-order valence-electron chi connectivity index (χ4n) is 2.15. The maximum Gasteiger partial charge on any atom is 0.0749 e. The molecule has 2 nitrogen and oxygen atoms in total. The molecule has 0 radical (unpaired) electrons. The largest absolute Gasteiger partial charge is 0.313 e. The Hall–Kier alpha value is -1.67. The molecule has 0 saturated carbocycles. The molecule has 2 heteroatoms. The van der Waals surface area contributed by atoms with Crippen molar-refractivity contribution in [3.05, 3.63) is 54.7 Å². The van der Waals surface area contributed by atoms with Crippen molar-refractivity contribution in [3.8, 4) is 0 Å². The molecular formula is C15H18N2. The zero-order chi connectivity index (χ0) is 12.1. The topological polar surface area (TPSA) is 24.9 Å². The van der Waals surface area contributed by atoms with Gasteiger partial charge in [0.2, 0.25) is 0 Å². The van der Waals surface area contributed by atoms with Crippen molar-refractivity contribution in [2.45, 2.75) is 18.9 Å². The van der Waals surface area contributed by atoms with Crippen LogP contribution in [0.5, 0.6) is 0 Å². The van der Waals surface area contributed by atoms with E-state index in [2.05, 4.69) is 41.1 Å². The molecule has 0 aliphatic carbocycles. The minimum atomic E-state index is 0.339. The van der Waals surface area contributed by atoms with Crippen molar-refractivity contribution in [1.29, 1.82) is 0 Å². The molecule has 0 saturated heterocycles. The van der Waals surface area contributed by atoms with Gasteiger partial charge in [0.15, 0.2) is 0 Å². The first kappa shape index (κ1) is 11.8. The number of fused-ring (bicyclic) bond motifs is 1. The predicted molar refractivity (Wildman–Crippen MR) is 73.0 cm³/mol. The van der Waals surface area contributed by atoms with Gasteiger partial charge >= 0.3 is 0 Å². The van der Waals surface area contributed by atoms with Crippen molar-refractivity contribution in [3.63, 3.8) is 0 Å². The normalized spacial score (nSPS) is 12.5. The van der Waals surface area contributed by atoms with E-state index in [1.54, 1.807) is 0 Å².